The average molecular weight is 439 g/mol. The zero-order chi connectivity index (χ0) is 21.3. The van der Waals surface area contributed by atoms with Crippen molar-refractivity contribution in [2.75, 3.05) is 6.54 Å². The molecule has 1 aromatic carbocycles. The lowest BCUT2D eigenvalue weighted by molar-refractivity contribution is -0.141. The molecule has 3 aromatic rings. The number of hydrogen-bond donors (Lipinski definition) is 1. The van der Waals surface area contributed by atoms with Gasteiger partial charge < -0.3 is 9.84 Å². The second-order valence-electron chi connectivity index (χ2n) is 7.09. The van der Waals surface area contributed by atoms with E-state index in [1.165, 1.54) is 4.68 Å². The molecule has 158 valence electrons. The normalized spacial score (nSPS) is 14.1. The second kappa shape index (κ2) is 8.14. The highest BCUT2D eigenvalue weighted by Crippen LogP contribution is 2.46. The Bertz CT molecular complexity index is 1040. The van der Waals surface area contributed by atoms with Gasteiger partial charge in [0.05, 0.1) is 10.7 Å². The highest BCUT2D eigenvalue weighted by atomic mass is 35.5. The van der Waals surface area contributed by atoms with Gasteiger partial charge in [-0.15, -0.1) is 0 Å². The number of halogens is 4. The Morgan fingerprint density at radius 1 is 1.27 bits per heavy atom. The van der Waals surface area contributed by atoms with Gasteiger partial charge in [-0.05, 0) is 19.3 Å². The quantitative estimate of drug-likeness (QED) is 0.532. The highest BCUT2D eigenvalue weighted by molar-refractivity contribution is 6.32. The summed E-state index contributed by atoms with van der Waals surface area (Å²) in [5, 5.41) is 9.82. The van der Waals surface area contributed by atoms with Crippen LogP contribution in [-0.2, 0) is 12.7 Å². The van der Waals surface area contributed by atoms with Gasteiger partial charge in [-0.2, -0.15) is 18.3 Å². The Kier molecular flexibility index (Phi) is 5.55. The topological polar surface area (TPSA) is 73.0 Å². The highest BCUT2D eigenvalue weighted by Gasteiger charge is 2.41. The number of alkyl halides is 3. The summed E-state index contributed by atoms with van der Waals surface area (Å²) in [4.78, 5) is 12.2. The van der Waals surface area contributed by atoms with Crippen molar-refractivity contribution in [3.8, 4) is 11.3 Å². The summed E-state index contributed by atoms with van der Waals surface area (Å²) in [5.74, 6) is 0.0701. The summed E-state index contributed by atoms with van der Waals surface area (Å²) in [6.07, 6.45) is -2.60. The molecule has 0 spiro atoms. The molecule has 1 aliphatic rings. The third-order valence-corrected chi connectivity index (χ3v) is 5.17. The van der Waals surface area contributed by atoms with E-state index in [0.29, 0.717) is 17.9 Å². The molecule has 30 heavy (non-hydrogen) atoms. The van der Waals surface area contributed by atoms with Crippen LogP contribution in [-0.4, -0.2) is 27.4 Å². The van der Waals surface area contributed by atoms with E-state index in [0.717, 1.165) is 18.4 Å². The van der Waals surface area contributed by atoms with Crippen molar-refractivity contribution in [1.82, 2.24) is 20.3 Å². The SMILES string of the molecule is O=C(NCCCn1nc(C(F)(F)F)c(Cl)c1C1CC1)c1cc(-c2ccccc2)on1. The molecule has 2 heterocycles. The molecule has 1 saturated carbocycles. The fourth-order valence-corrected chi connectivity index (χ4v) is 3.59. The van der Waals surface area contributed by atoms with Gasteiger partial charge in [-0.1, -0.05) is 47.1 Å². The van der Waals surface area contributed by atoms with Gasteiger partial charge in [-0.3, -0.25) is 9.48 Å². The van der Waals surface area contributed by atoms with E-state index in [2.05, 4.69) is 15.6 Å². The van der Waals surface area contributed by atoms with E-state index in [-0.39, 0.29) is 29.7 Å². The van der Waals surface area contributed by atoms with Crippen LogP contribution in [0.4, 0.5) is 13.2 Å². The largest absolute Gasteiger partial charge is 0.436 e. The first-order valence-electron chi connectivity index (χ1n) is 9.48. The Hall–Kier alpha value is -2.81. The molecule has 0 bridgehead atoms. The smallest absolute Gasteiger partial charge is 0.355 e. The van der Waals surface area contributed by atoms with Crippen LogP contribution in [0.5, 0.6) is 0 Å². The number of hydrogen-bond acceptors (Lipinski definition) is 4. The Balaban J connectivity index is 1.34. The van der Waals surface area contributed by atoms with Crippen molar-refractivity contribution in [2.24, 2.45) is 0 Å². The van der Waals surface area contributed by atoms with E-state index in [9.17, 15) is 18.0 Å². The third kappa shape index (κ3) is 4.35. The van der Waals surface area contributed by atoms with E-state index in [1.807, 2.05) is 30.3 Å². The van der Waals surface area contributed by atoms with Crippen LogP contribution in [0.1, 0.15) is 47.1 Å². The number of aryl methyl sites for hydroxylation is 1. The van der Waals surface area contributed by atoms with Crippen molar-refractivity contribution in [3.05, 3.63) is 58.5 Å². The molecule has 4 rings (SSSR count). The van der Waals surface area contributed by atoms with Gasteiger partial charge in [0.25, 0.3) is 5.91 Å². The molecule has 0 unspecified atom stereocenters. The summed E-state index contributed by atoms with van der Waals surface area (Å²) in [5.41, 5.74) is 0.312. The fourth-order valence-electron chi connectivity index (χ4n) is 3.19. The van der Waals surface area contributed by atoms with Crippen molar-refractivity contribution in [1.29, 1.82) is 0 Å². The Labute approximate surface area is 175 Å². The molecule has 10 heteroatoms. The van der Waals surface area contributed by atoms with Crippen LogP contribution in [0.25, 0.3) is 11.3 Å². The minimum atomic E-state index is -4.59. The van der Waals surface area contributed by atoms with Gasteiger partial charge in [0.15, 0.2) is 17.1 Å². The lowest BCUT2D eigenvalue weighted by Crippen LogP contribution is -2.25. The summed E-state index contributed by atoms with van der Waals surface area (Å²) in [6.45, 7) is 0.464. The number of aromatic nitrogens is 3. The summed E-state index contributed by atoms with van der Waals surface area (Å²) in [6, 6.07) is 10.8. The fraction of sp³-hybridized carbons (Fsp3) is 0.350. The maximum absolute atomic E-state index is 13.1. The summed E-state index contributed by atoms with van der Waals surface area (Å²) in [7, 11) is 0. The van der Waals surface area contributed by atoms with Gasteiger partial charge >= 0.3 is 6.18 Å². The molecule has 6 nitrogen and oxygen atoms in total. The van der Waals surface area contributed by atoms with Crippen molar-refractivity contribution in [3.63, 3.8) is 0 Å². The van der Waals surface area contributed by atoms with Crippen molar-refractivity contribution >= 4 is 17.5 Å². The molecule has 1 N–H and O–H groups in total. The van der Waals surface area contributed by atoms with Crippen molar-refractivity contribution in [2.45, 2.75) is 37.9 Å². The third-order valence-electron chi connectivity index (χ3n) is 4.80. The van der Waals surface area contributed by atoms with Gasteiger partial charge in [0, 0.05) is 30.6 Å². The Morgan fingerprint density at radius 2 is 2.00 bits per heavy atom. The molecule has 0 saturated heterocycles. The first-order valence-corrected chi connectivity index (χ1v) is 9.86. The standard InChI is InChI=1S/C20H18ClF3N4O2/c21-16-17(13-7-8-13)28(26-18(16)20(22,23)24)10-4-9-25-19(29)14-11-15(30-27-14)12-5-2-1-3-6-12/h1-3,5-6,11,13H,4,7-10H2,(H,25,29). The molecule has 1 fully saturated rings. The predicted octanol–water partition coefficient (Wildman–Crippen LogP) is 4.91. The van der Waals surface area contributed by atoms with E-state index in [4.69, 9.17) is 16.1 Å². The average Bonchev–Trinajstić information content (AvgIpc) is 3.31. The van der Waals surface area contributed by atoms with Crippen LogP contribution in [0, 0.1) is 0 Å². The molecular weight excluding hydrogens is 421 g/mol. The molecule has 0 atom stereocenters. The molecule has 1 amide bonds. The number of rotatable bonds is 7. The molecule has 0 aliphatic heterocycles. The maximum Gasteiger partial charge on any atom is 0.436 e. The predicted molar refractivity (Wildman–Crippen MR) is 103 cm³/mol. The number of carbonyl (C=O) groups is 1. The van der Waals surface area contributed by atoms with Crippen LogP contribution in [0.15, 0.2) is 40.9 Å². The van der Waals surface area contributed by atoms with Crippen LogP contribution >= 0.6 is 11.6 Å². The monoisotopic (exact) mass is 438 g/mol. The Morgan fingerprint density at radius 3 is 2.67 bits per heavy atom. The summed E-state index contributed by atoms with van der Waals surface area (Å²) < 4.78 is 45.8. The molecule has 1 aliphatic carbocycles. The summed E-state index contributed by atoms with van der Waals surface area (Å²) >= 11 is 5.95. The minimum absolute atomic E-state index is 0.0160. The van der Waals surface area contributed by atoms with Gasteiger partial charge in [0.2, 0.25) is 0 Å². The molecular formula is C20H18ClF3N4O2. The molecule has 2 aromatic heterocycles. The molecule has 0 radical (unpaired) electrons. The van der Waals surface area contributed by atoms with Crippen molar-refractivity contribution < 1.29 is 22.5 Å². The van der Waals surface area contributed by atoms with E-state index < -0.39 is 17.8 Å². The number of nitrogens with one attached hydrogen (secondary N) is 1. The lowest BCUT2D eigenvalue weighted by Gasteiger charge is -2.07. The van der Waals surface area contributed by atoms with Gasteiger partial charge in [-0.25, -0.2) is 0 Å². The van der Waals surface area contributed by atoms with Crippen LogP contribution in [0.2, 0.25) is 5.02 Å². The zero-order valence-electron chi connectivity index (χ0n) is 15.7. The van der Waals surface area contributed by atoms with Crippen LogP contribution < -0.4 is 5.32 Å². The number of carbonyl (C=O) groups excluding carboxylic acids is 1. The number of nitrogens with zero attached hydrogens (tertiary/aromatic N) is 3. The second-order valence-corrected chi connectivity index (χ2v) is 7.47. The maximum atomic E-state index is 13.1. The first kappa shape index (κ1) is 20.5. The minimum Gasteiger partial charge on any atom is -0.355 e. The first-order chi connectivity index (χ1) is 14.3. The van der Waals surface area contributed by atoms with E-state index >= 15 is 0 Å². The van der Waals surface area contributed by atoms with Gasteiger partial charge in [0.1, 0.15) is 0 Å². The number of amides is 1. The van der Waals surface area contributed by atoms with E-state index in [1.54, 1.807) is 6.07 Å². The van der Waals surface area contributed by atoms with Crippen LogP contribution in [0.3, 0.4) is 0 Å². The zero-order valence-corrected chi connectivity index (χ0v) is 16.5. The number of benzene rings is 1. The lowest BCUT2D eigenvalue weighted by atomic mass is 10.1.